The summed E-state index contributed by atoms with van der Waals surface area (Å²) in [6.45, 7) is 6.03. The molecule has 0 saturated carbocycles. The molecule has 1 atom stereocenters. The van der Waals surface area contributed by atoms with Crippen LogP contribution in [-0.4, -0.2) is 37.5 Å². The van der Waals surface area contributed by atoms with Crippen LogP contribution in [0.1, 0.15) is 38.3 Å². The minimum Gasteiger partial charge on any atom is -0.315 e. The van der Waals surface area contributed by atoms with Crippen LogP contribution in [0.15, 0.2) is 65.2 Å². The van der Waals surface area contributed by atoms with E-state index >= 15 is 0 Å². The zero-order chi connectivity index (χ0) is 21.6. The molecule has 4 aromatic heterocycles. The second-order valence-corrected chi connectivity index (χ2v) is 8.10. The van der Waals surface area contributed by atoms with Crippen LogP contribution in [0.3, 0.4) is 0 Å². The van der Waals surface area contributed by atoms with Crippen molar-refractivity contribution in [2.45, 2.75) is 42.7 Å². The third-order valence-corrected chi connectivity index (χ3v) is 6.11. The summed E-state index contributed by atoms with van der Waals surface area (Å²) in [4.78, 5) is 5.36. The second kappa shape index (κ2) is 9.77. The molecule has 1 N–H and O–H groups in total. The number of nitrogens with one attached hydrogen (secondary N) is 1. The van der Waals surface area contributed by atoms with Gasteiger partial charge in [-0.15, -0.1) is 0 Å². The van der Waals surface area contributed by atoms with E-state index in [2.05, 4.69) is 43.5 Å². The third kappa shape index (κ3) is 4.48. The Morgan fingerprint density at radius 2 is 2.06 bits per heavy atom. The summed E-state index contributed by atoms with van der Waals surface area (Å²) < 4.78 is 3.83. The van der Waals surface area contributed by atoms with E-state index in [-0.39, 0.29) is 0 Å². The molecular formula is C23H25N7S. The molecule has 1 aliphatic rings. The monoisotopic (exact) mass is 431 g/mol. The van der Waals surface area contributed by atoms with Gasteiger partial charge in [0, 0.05) is 41.2 Å². The van der Waals surface area contributed by atoms with Gasteiger partial charge in [0.2, 0.25) is 0 Å². The second-order valence-electron chi connectivity index (χ2n) is 7.04. The zero-order valence-electron chi connectivity index (χ0n) is 17.7. The summed E-state index contributed by atoms with van der Waals surface area (Å²) in [6.07, 6.45) is 11.6. The van der Waals surface area contributed by atoms with E-state index < -0.39 is 0 Å². The first-order valence-corrected chi connectivity index (χ1v) is 11.4. The Bertz CT molecular complexity index is 1180. The maximum absolute atomic E-state index is 9.50. The van der Waals surface area contributed by atoms with Crippen LogP contribution in [0.4, 0.5) is 0 Å². The molecule has 0 amide bonds. The summed E-state index contributed by atoms with van der Waals surface area (Å²) >= 11 is 1.53. The lowest BCUT2D eigenvalue weighted by molar-refractivity contribution is 0.347. The van der Waals surface area contributed by atoms with E-state index in [0.29, 0.717) is 11.6 Å². The Labute approximate surface area is 186 Å². The summed E-state index contributed by atoms with van der Waals surface area (Å²) in [5.74, 6) is 0. The van der Waals surface area contributed by atoms with Crippen molar-refractivity contribution in [3.8, 4) is 17.2 Å². The molecule has 1 aliphatic heterocycles. The van der Waals surface area contributed by atoms with Gasteiger partial charge in [0.05, 0.1) is 29.5 Å². The number of hydrogen-bond donors (Lipinski definition) is 1. The maximum Gasteiger partial charge on any atom is 0.103 e. The first-order chi connectivity index (χ1) is 15.3. The van der Waals surface area contributed by atoms with Crippen LogP contribution in [0.25, 0.3) is 16.6 Å². The Hall–Kier alpha value is -3.15. The van der Waals surface area contributed by atoms with Crippen LogP contribution in [0, 0.1) is 11.3 Å². The average molecular weight is 432 g/mol. The van der Waals surface area contributed by atoms with Gasteiger partial charge < -0.3 is 5.32 Å². The Balaban J connectivity index is 0.00000112. The number of piperidine rings is 1. The molecule has 8 heteroatoms. The quantitative estimate of drug-likeness (QED) is 0.510. The van der Waals surface area contributed by atoms with E-state index in [9.17, 15) is 5.26 Å². The van der Waals surface area contributed by atoms with Gasteiger partial charge in [0.25, 0.3) is 0 Å². The molecule has 1 saturated heterocycles. The first-order valence-electron chi connectivity index (χ1n) is 10.6. The lowest BCUT2D eigenvalue weighted by Crippen LogP contribution is -2.31. The summed E-state index contributed by atoms with van der Waals surface area (Å²) in [6, 6.07) is 10.5. The molecule has 4 aromatic rings. The van der Waals surface area contributed by atoms with Crippen LogP contribution < -0.4 is 5.32 Å². The largest absolute Gasteiger partial charge is 0.315 e. The van der Waals surface area contributed by atoms with E-state index in [1.807, 2.05) is 44.4 Å². The molecule has 0 spiro atoms. The van der Waals surface area contributed by atoms with Crippen LogP contribution >= 0.6 is 11.8 Å². The highest BCUT2D eigenvalue weighted by atomic mass is 32.2. The number of aromatic nitrogens is 5. The van der Waals surface area contributed by atoms with Crippen molar-refractivity contribution in [2.24, 2.45) is 0 Å². The van der Waals surface area contributed by atoms with Crippen molar-refractivity contribution in [3.63, 3.8) is 0 Å². The molecule has 7 nitrogen and oxygen atoms in total. The van der Waals surface area contributed by atoms with Gasteiger partial charge in [-0.3, -0.25) is 4.68 Å². The van der Waals surface area contributed by atoms with Crippen molar-refractivity contribution in [1.29, 1.82) is 5.26 Å². The van der Waals surface area contributed by atoms with Gasteiger partial charge in [0.15, 0.2) is 0 Å². The molecule has 5 heterocycles. The van der Waals surface area contributed by atoms with E-state index in [1.54, 1.807) is 16.9 Å². The summed E-state index contributed by atoms with van der Waals surface area (Å²) in [7, 11) is 0. The number of pyridine rings is 2. The SMILES string of the molecule is CC.N#Cc1cnn2cc(-c3cnn(C4CCCNC4)c3)cc(Sc3ccccn3)c12. The average Bonchev–Trinajstić information content (AvgIpc) is 3.49. The molecule has 5 rings (SSSR count). The van der Waals surface area contributed by atoms with Crippen molar-refractivity contribution in [2.75, 3.05) is 13.1 Å². The van der Waals surface area contributed by atoms with Crippen LogP contribution in [0.5, 0.6) is 0 Å². The third-order valence-electron chi connectivity index (χ3n) is 5.13. The number of nitriles is 1. The highest BCUT2D eigenvalue weighted by Gasteiger charge is 2.18. The van der Waals surface area contributed by atoms with Gasteiger partial charge >= 0.3 is 0 Å². The molecule has 0 radical (unpaired) electrons. The normalized spacial score (nSPS) is 15.8. The topological polar surface area (TPSA) is 83.8 Å². The van der Waals surface area contributed by atoms with Crippen molar-refractivity contribution in [1.82, 2.24) is 29.7 Å². The van der Waals surface area contributed by atoms with E-state index in [4.69, 9.17) is 0 Å². The molecule has 158 valence electrons. The van der Waals surface area contributed by atoms with Gasteiger partial charge in [-0.05, 0) is 37.6 Å². The lowest BCUT2D eigenvalue weighted by Gasteiger charge is -2.22. The molecule has 0 aliphatic carbocycles. The van der Waals surface area contributed by atoms with Crippen molar-refractivity contribution in [3.05, 3.63) is 60.8 Å². The zero-order valence-corrected chi connectivity index (χ0v) is 18.5. The predicted molar refractivity (Wildman–Crippen MR) is 122 cm³/mol. The fourth-order valence-electron chi connectivity index (χ4n) is 3.67. The van der Waals surface area contributed by atoms with E-state index in [1.165, 1.54) is 18.2 Å². The number of hydrogen-bond acceptors (Lipinski definition) is 6. The van der Waals surface area contributed by atoms with Crippen molar-refractivity contribution >= 4 is 17.3 Å². The van der Waals surface area contributed by atoms with Crippen molar-refractivity contribution < 1.29 is 0 Å². The smallest absolute Gasteiger partial charge is 0.103 e. The molecular weight excluding hydrogens is 406 g/mol. The molecule has 0 bridgehead atoms. The highest BCUT2D eigenvalue weighted by Crippen LogP contribution is 2.35. The fourth-order valence-corrected chi connectivity index (χ4v) is 4.64. The number of fused-ring (bicyclic) bond motifs is 1. The standard InChI is InChI=1S/C21H19N7S.C2H6/c22-9-16-10-26-28-13-15(8-19(21(16)28)29-20-5-1-2-7-24-20)17-11-25-27(14-17)18-4-3-6-23-12-18;1-2/h1-2,5,7-8,10-11,13-14,18,23H,3-4,6,12H2;1-2H3. The maximum atomic E-state index is 9.50. The summed E-state index contributed by atoms with van der Waals surface area (Å²) in [5.41, 5.74) is 3.41. The Morgan fingerprint density at radius 1 is 1.16 bits per heavy atom. The van der Waals surface area contributed by atoms with E-state index in [0.717, 1.165) is 46.1 Å². The Kier molecular flexibility index (Phi) is 6.65. The number of nitrogens with zero attached hydrogens (tertiary/aromatic N) is 6. The fraction of sp³-hybridized carbons (Fsp3) is 0.304. The molecule has 31 heavy (non-hydrogen) atoms. The van der Waals surface area contributed by atoms with Gasteiger partial charge in [0.1, 0.15) is 11.1 Å². The molecule has 1 unspecified atom stereocenters. The van der Waals surface area contributed by atoms with Crippen LogP contribution in [0.2, 0.25) is 0 Å². The van der Waals surface area contributed by atoms with Gasteiger partial charge in [-0.2, -0.15) is 15.5 Å². The molecule has 0 aromatic carbocycles. The summed E-state index contributed by atoms with van der Waals surface area (Å²) in [5, 5.41) is 22.8. The highest BCUT2D eigenvalue weighted by molar-refractivity contribution is 7.99. The van der Waals surface area contributed by atoms with Gasteiger partial charge in [-0.1, -0.05) is 31.7 Å². The van der Waals surface area contributed by atoms with Gasteiger partial charge in [-0.25, -0.2) is 9.50 Å². The predicted octanol–water partition coefficient (Wildman–Crippen LogP) is 4.57. The lowest BCUT2D eigenvalue weighted by atomic mass is 10.1. The van der Waals surface area contributed by atoms with Crippen LogP contribution in [-0.2, 0) is 0 Å². The minimum atomic E-state index is 0.387. The Morgan fingerprint density at radius 3 is 2.81 bits per heavy atom. The number of rotatable bonds is 4. The minimum absolute atomic E-state index is 0.387. The molecule has 1 fully saturated rings. The first kappa shape index (κ1) is 21.1.